The zero-order valence-corrected chi connectivity index (χ0v) is 11.3. The Morgan fingerprint density at radius 2 is 2.16 bits per heavy atom. The number of para-hydroxylation sites is 1. The summed E-state index contributed by atoms with van der Waals surface area (Å²) in [6, 6.07) is 5.99. The number of aliphatic hydroxyl groups is 1. The maximum absolute atomic E-state index is 13.4. The van der Waals surface area contributed by atoms with Gasteiger partial charge in [0.25, 0.3) is 5.91 Å². The van der Waals surface area contributed by atoms with Crippen LogP contribution in [0.1, 0.15) is 20.3 Å². The van der Waals surface area contributed by atoms with Gasteiger partial charge < -0.3 is 14.7 Å². The van der Waals surface area contributed by atoms with Gasteiger partial charge in [0.05, 0.1) is 0 Å². The van der Waals surface area contributed by atoms with E-state index >= 15 is 0 Å². The number of carbonyl (C=O) groups excluding carboxylic acids is 1. The summed E-state index contributed by atoms with van der Waals surface area (Å²) in [4.78, 5) is 13.7. The lowest BCUT2D eigenvalue weighted by Crippen LogP contribution is -2.41. The van der Waals surface area contributed by atoms with Crippen LogP contribution in [0.5, 0.6) is 5.75 Å². The topological polar surface area (TPSA) is 49.8 Å². The number of hydrogen-bond donors (Lipinski definition) is 1. The molecule has 0 aliphatic heterocycles. The van der Waals surface area contributed by atoms with E-state index < -0.39 is 11.9 Å². The van der Waals surface area contributed by atoms with E-state index in [9.17, 15) is 9.18 Å². The second-order valence-electron chi connectivity index (χ2n) is 4.19. The standard InChI is InChI=1S/C14H20FNO3/c1-3-16(9-6-10-17)14(18)11(2)19-13-8-5-4-7-12(13)15/h4-5,7-8,11,17H,3,6,9-10H2,1-2H3. The molecular formula is C14H20FNO3. The molecule has 0 fully saturated rings. The molecule has 1 N–H and O–H groups in total. The second kappa shape index (κ2) is 7.74. The Balaban J connectivity index is 2.63. The molecule has 0 radical (unpaired) electrons. The Bertz CT molecular complexity index is 411. The molecule has 0 saturated heterocycles. The van der Waals surface area contributed by atoms with Crippen molar-refractivity contribution in [1.82, 2.24) is 4.90 Å². The minimum atomic E-state index is -0.754. The first-order chi connectivity index (χ1) is 9.10. The van der Waals surface area contributed by atoms with Crippen LogP contribution in [0.15, 0.2) is 24.3 Å². The van der Waals surface area contributed by atoms with Crippen molar-refractivity contribution in [3.05, 3.63) is 30.1 Å². The highest BCUT2D eigenvalue weighted by atomic mass is 19.1. The number of amides is 1. The van der Waals surface area contributed by atoms with E-state index in [1.54, 1.807) is 24.0 Å². The van der Waals surface area contributed by atoms with Gasteiger partial charge in [0.2, 0.25) is 0 Å². The van der Waals surface area contributed by atoms with Crippen molar-refractivity contribution < 1.29 is 19.0 Å². The van der Waals surface area contributed by atoms with E-state index in [0.29, 0.717) is 19.5 Å². The van der Waals surface area contributed by atoms with Crippen LogP contribution in [-0.4, -0.2) is 41.7 Å². The Morgan fingerprint density at radius 1 is 1.47 bits per heavy atom. The first-order valence-electron chi connectivity index (χ1n) is 6.41. The SMILES string of the molecule is CCN(CCCO)C(=O)C(C)Oc1ccccc1F. The Labute approximate surface area is 112 Å². The van der Waals surface area contributed by atoms with Crippen LogP contribution in [0.3, 0.4) is 0 Å². The molecule has 1 amide bonds. The third kappa shape index (κ3) is 4.52. The summed E-state index contributed by atoms with van der Waals surface area (Å²) in [7, 11) is 0. The van der Waals surface area contributed by atoms with Crippen LogP contribution in [-0.2, 0) is 4.79 Å². The number of hydrogen-bond acceptors (Lipinski definition) is 3. The van der Waals surface area contributed by atoms with Crippen molar-refractivity contribution in [1.29, 1.82) is 0 Å². The summed E-state index contributed by atoms with van der Waals surface area (Å²) in [6.45, 7) is 4.48. The number of ether oxygens (including phenoxy) is 1. The molecule has 0 aromatic heterocycles. The van der Waals surface area contributed by atoms with Crippen molar-refractivity contribution in [3.63, 3.8) is 0 Å². The molecule has 0 aliphatic rings. The van der Waals surface area contributed by atoms with Gasteiger partial charge in [-0.3, -0.25) is 4.79 Å². The van der Waals surface area contributed by atoms with E-state index in [-0.39, 0.29) is 18.3 Å². The minimum Gasteiger partial charge on any atom is -0.478 e. The Kier molecular flexibility index (Phi) is 6.29. The quantitative estimate of drug-likeness (QED) is 0.821. The normalized spacial score (nSPS) is 12.0. The summed E-state index contributed by atoms with van der Waals surface area (Å²) in [5, 5.41) is 8.78. The molecular weight excluding hydrogens is 249 g/mol. The number of likely N-dealkylation sites (N-methyl/N-ethyl adjacent to an activating group) is 1. The van der Waals surface area contributed by atoms with Crippen LogP contribution in [0.2, 0.25) is 0 Å². The van der Waals surface area contributed by atoms with Gasteiger partial charge in [-0.2, -0.15) is 0 Å². The molecule has 0 bridgehead atoms. The maximum atomic E-state index is 13.4. The minimum absolute atomic E-state index is 0.0341. The smallest absolute Gasteiger partial charge is 0.263 e. The van der Waals surface area contributed by atoms with E-state index in [1.165, 1.54) is 12.1 Å². The number of aliphatic hydroxyl groups excluding tert-OH is 1. The number of rotatable bonds is 7. The fourth-order valence-electron chi connectivity index (χ4n) is 1.72. The predicted molar refractivity (Wildman–Crippen MR) is 70.4 cm³/mol. The molecule has 4 nitrogen and oxygen atoms in total. The number of benzene rings is 1. The zero-order chi connectivity index (χ0) is 14.3. The van der Waals surface area contributed by atoms with Crippen LogP contribution >= 0.6 is 0 Å². The van der Waals surface area contributed by atoms with Crippen LogP contribution in [0.4, 0.5) is 4.39 Å². The lowest BCUT2D eigenvalue weighted by atomic mass is 10.3. The zero-order valence-electron chi connectivity index (χ0n) is 11.3. The lowest BCUT2D eigenvalue weighted by molar-refractivity contribution is -0.138. The molecule has 1 rings (SSSR count). The van der Waals surface area contributed by atoms with Gasteiger partial charge in [0.15, 0.2) is 17.7 Å². The fraction of sp³-hybridized carbons (Fsp3) is 0.500. The molecule has 0 heterocycles. The third-order valence-corrected chi connectivity index (χ3v) is 2.77. The molecule has 1 atom stereocenters. The first-order valence-corrected chi connectivity index (χ1v) is 6.41. The second-order valence-corrected chi connectivity index (χ2v) is 4.19. The fourth-order valence-corrected chi connectivity index (χ4v) is 1.72. The third-order valence-electron chi connectivity index (χ3n) is 2.77. The van der Waals surface area contributed by atoms with Gasteiger partial charge >= 0.3 is 0 Å². The van der Waals surface area contributed by atoms with Gasteiger partial charge in [-0.1, -0.05) is 12.1 Å². The summed E-state index contributed by atoms with van der Waals surface area (Å²) in [6.07, 6.45) is -0.234. The van der Waals surface area contributed by atoms with Crippen LogP contribution in [0, 0.1) is 5.82 Å². The molecule has 0 aliphatic carbocycles. The van der Waals surface area contributed by atoms with Gasteiger partial charge in [-0.05, 0) is 32.4 Å². The molecule has 1 aromatic rings. The highest BCUT2D eigenvalue weighted by Crippen LogP contribution is 2.17. The molecule has 5 heteroatoms. The van der Waals surface area contributed by atoms with Gasteiger partial charge in [0.1, 0.15) is 0 Å². The monoisotopic (exact) mass is 269 g/mol. The van der Waals surface area contributed by atoms with Crippen LogP contribution < -0.4 is 4.74 Å². The number of carbonyl (C=O) groups is 1. The molecule has 106 valence electrons. The van der Waals surface area contributed by atoms with Gasteiger partial charge in [0, 0.05) is 19.7 Å². The Hall–Kier alpha value is -1.62. The highest BCUT2D eigenvalue weighted by molar-refractivity contribution is 5.80. The number of halogens is 1. The molecule has 1 aromatic carbocycles. The van der Waals surface area contributed by atoms with Gasteiger partial charge in [-0.25, -0.2) is 4.39 Å². The maximum Gasteiger partial charge on any atom is 0.263 e. The van der Waals surface area contributed by atoms with E-state index in [2.05, 4.69) is 0 Å². The average molecular weight is 269 g/mol. The van der Waals surface area contributed by atoms with E-state index in [1.807, 2.05) is 6.92 Å². The predicted octanol–water partition coefficient (Wildman–Crippen LogP) is 1.82. The average Bonchev–Trinajstić information content (AvgIpc) is 2.42. The van der Waals surface area contributed by atoms with Crippen LogP contribution in [0.25, 0.3) is 0 Å². The lowest BCUT2D eigenvalue weighted by Gasteiger charge is -2.24. The molecule has 0 spiro atoms. The first kappa shape index (κ1) is 15.4. The largest absolute Gasteiger partial charge is 0.478 e. The van der Waals surface area contributed by atoms with E-state index in [4.69, 9.17) is 9.84 Å². The van der Waals surface area contributed by atoms with Gasteiger partial charge in [-0.15, -0.1) is 0 Å². The summed E-state index contributed by atoms with van der Waals surface area (Å²) >= 11 is 0. The van der Waals surface area contributed by atoms with Crippen molar-refractivity contribution in [2.45, 2.75) is 26.4 Å². The Morgan fingerprint density at radius 3 is 2.74 bits per heavy atom. The summed E-state index contributed by atoms with van der Waals surface area (Å²) in [5.74, 6) is -0.624. The van der Waals surface area contributed by atoms with Crippen molar-refractivity contribution in [3.8, 4) is 5.75 Å². The van der Waals surface area contributed by atoms with Crippen molar-refractivity contribution in [2.24, 2.45) is 0 Å². The van der Waals surface area contributed by atoms with E-state index in [0.717, 1.165) is 0 Å². The molecule has 0 saturated carbocycles. The van der Waals surface area contributed by atoms with Crippen molar-refractivity contribution in [2.75, 3.05) is 19.7 Å². The summed E-state index contributed by atoms with van der Waals surface area (Å²) in [5.41, 5.74) is 0. The molecule has 1 unspecified atom stereocenters. The summed E-state index contributed by atoms with van der Waals surface area (Å²) < 4.78 is 18.8. The molecule has 19 heavy (non-hydrogen) atoms. The van der Waals surface area contributed by atoms with Crippen molar-refractivity contribution >= 4 is 5.91 Å². The number of nitrogens with zero attached hydrogens (tertiary/aromatic N) is 1. The highest BCUT2D eigenvalue weighted by Gasteiger charge is 2.21.